The summed E-state index contributed by atoms with van der Waals surface area (Å²) in [4.78, 5) is 30.5. The van der Waals surface area contributed by atoms with E-state index < -0.39 is 12.1 Å². The van der Waals surface area contributed by atoms with Gasteiger partial charge in [-0.2, -0.15) is 0 Å². The zero-order valence-electron chi connectivity index (χ0n) is 24.4. The Hall–Kier alpha value is -4.09. The van der Waals surface area contributed by atoms with Crippen molar-refractivity contribution in [1.29, 1.82) is 0 Å². The van der Waals surface area contributed by atoms with E-state index in [0.29, 0.717) is 48.0 Å². The summed E-state index contributed by atoms with van der Waals surface area (Å²) < 4.78 is 17.0. The molecule has 220 valence electrons. The molecule has 11 nitrogen and oxygen atoms in total. The third kappa shape index (κ3) is 6.98. The van der Waals surface area contributed by atoms with E-state index in [9.17, 15) is 14.7 Å². The normalized spacial score (nSPS) is 17.8. The van der Waals surface area contributed by atoms with Gasteiger partial charge in [0.1, 0.15) is 23.2 Å². The number of para-hydroxylation sites is 1. The second-order valence-electron chi connectivity index (χ2n) is 10.6. The second kappa shape index (κ2) is 13.0. The highest BCUT2D eigenvalue weighted by molar-refractivity contribution is 6.04. The molecule has 4 rings (SSSR count). The van der Waals surface area contributed by atoms with Crippen molar-refractivity contribution in [2.45, 2.75) is 46.4 Å². The number of nitrogens with zero attached hydrogens (tertiary/aromatic N) is 3. The van der Waals surface area contributed by atoms with Gasteiger partial charge in [-0.1, -0.05) is 30.3 Å². The number of likely N-dealkylation sites (N-methyl/N-ethyl adjacent to an activating group) is 1. The second-order valence-corrected chi connectivity index (χ2v) is 10.6. The van der Waals surface area contributed by atoms with Crippen LogP contribution in [0, 0.1) is 19.8 Å². The Balaban J connectivity index is 1.62. The Labute approximate surface area is 240 Å². The first-order chi connectivity index (χ1) is 19.6. The maximum absolute atomic E-state index is 13.7. The Morgan fingerprint density at radius 3 is 2.59 bits per heavy atom. The molecule has 3 atom stereocenters. The van der Waals surface area contributed by atoms with Gasteiger partial charge in [-0.3, -0.25) is 9.69 Å². The van der Waals surface area contributed by atoms with Gasteiger partial charge in [0, 0.05) is 25.6 Å². The molecular formula is C30H39N5O6. The van der Waals surface area contributed by atoms with Crippen molar-refractivity contribution in [1.82, 2.24) is 15.0 Å². The van der Waals surface area contributed by atoms with Gasteiger partial charge in [0.25, 0.3) is 5.91 Å². The average Bonchev–Trinajstić information content (AvgIpc) is 3.27. The Bertz CT molecular complexity index is 1340. The van der Waals surface area contributed by atoms with Crippen molar-refractivity contribution in [2.75, 3.05) is 44.5 Å². The fraction of sp³-hybridized carbons (Fsp3) is 0.433. The first-order valence-electron chi connectivity index (χ1n) is 13.6. The molecule has 2 heterocycles. The van der Waals surface area contributed by atoms with Crippen molar-refractivity contribution >= 4 is 23.3 Å². The Morgan fingerprint density at radius 1 is 1.22 bits per heavy atom. The number of rotatable bonds is 9. The molecule has 3 amide bonds. The molecule has 0 saturated heterocycles. The maximum atomic E-state index is 13.7. The zero-order valence-corrected chi connectivity index (χ0v) is 24.4. The van der Waals surface area contributed by atoms with Crippen LogP contribution in [-0.4, -0.2) is 78.0 Å². The van der Waals surface area contributed by atoms with E-state index in [-0.39, 0.29) is 30.3 Å². The number of carbonyl (C=O) groups excluding carboxylic acids is 2. The van der Waals surface area contributed by atoms with Gasteiger partial charge < -0.3 is 34.6 Å². The summed E-state index contributed by atoms with van der Waals surface area (Å²) in [6.07, 6.45) is -0.327. The van der Waals surface area contributed by atoms with Crippen LogP contribution in [0.4, 0.5) is 16.2 Å². The minimum absolute atomic E-state index is 0.0800. The van der Waals surface area contributed by atoms with Crippen LogP contribution in [0.2, 0.25) is 0 Å². The number of aromatic nitrogens is 1. The monoisotopic (exact) mass is 565 g/mol. The highest BCUT2D eigenvalue weighted by Crippen LogP contribution is 2.35. The Morgan fingerprint density at radius 2 is 1.95 bits per heavy atom. The van der Waals surface area contributed by atoms with Crippen molar-refractivity contribution in [3.8, 4) is 11.5 Å². The zero-order chi connectivity index (χ0) is 29.7. The number of urea groups is 1. The molecule has 1 aliphatic heterocycles. The number of anilines is 2. The topological polar surface area (TPSA) is 129 Å². The predicted molar refractivity (Wildman–Crippen MR) is 156 cm³/mol. The number of benzene rings is 2. The van der Waals surface area contributed by atoms with Gasteiger partial charge in [-0.05, 0) is 57.6 Å². The molecule has 0 saturated carbocycles. The number of ether oxygens (including phenoxy) is 2. The first-order valence-corrected chi connectivity index (χ1v) is 13.6. The lowest BCUT2D eigenvalue weighted by molar-refractivity contribution is 0.0343. The summed E-state index contributed by atoms with van der Waals surface area (Å²) in [5.41, 5.74) is 2.82. The van der Waals surface area contributed by atoms with Gasteiger partial charge in [-0.15, -0.1) is 0 Å². The fourth-order valence-electron chi connectivity index (χ4n) is 4.90. The molecule has 3 N–H and O–H groups in total. The largest absolute Gasteiger partial charge is 0.497 e. The van der Waals surface area contributed by atoms with Crippen LogP contribution in [0.3, 0.4) is 0 Å². The van der Waals surface area contributed by atoms with Crippen molar-refractivity contribution < 1.29 is 28.7 Å². The van der Waals surface area contributed by atoms with Crippen LogP contribution in [0.5, 0.6) is 11.5 Å². The van der Waals surface area contributed by atoms with E-state index >= 15 is 0 Å². The third-order valence-corrected chi connectivity index (χ3v) is 7.31. The molecule has 41 heavy (non-hydrogen) atoms. The van der Waals surface area contributed by atoms with Crippen molar-refractivity contribution in [3.63, 3.8) is 0 Å². The van der Waals surface area contributed by atoms with E-state index in [1.807, 2.05) is 45.2 Å². The van der Waals surface area contributed by atoms with Gasteiger partial charge in [-0.25, -0.2) is 4.79 Å². The number of methoxy groups -OCH3 is 1. The molecule has 0 spiro atoms. The standard InChI is InChI=1S/C30H39N5O6/c1-18-14-35(19(2)17-36)29(37)24-8-7-9-25(31-30(38)32-27-20(3)33-41-21(27)4)28(24)40-26(18)16-34(5)15-22-10-12-23(39-6)13-11-22/h7-13,18-19,26,36H,14-17H2,1-6H3,(H2,31,32,38)/t18-,19-,26-/m1/s1. The van der Waals surface area contributed by atoms with Gasteiger partial charge in [0.15, 0.2) is 11.5 Å². The molecule has 1 aliphatic rings. The minimum Gasteiger partial charge on any atom is -0.497 e. The predicted octanol–water partition coefficient (Wildman–Crippen LogP) is 4.30. The van der Waals surface area contributed by atoms with Crippen LogP contribution in [0.1, 0.15) is 41.2 Å². The molecule has 2 aromatic carbocycles. The van der Waals surface area contributed by atoms with E-state index in [0.717, 1.165) is 11.3 Å². The number of hydrogen-bond acceptors (Lipinski definition) is 8. The molecule has 1 aromatic heterocycles. The smallest absolute Gasteiger partial charge is 0.323 e. The third-order valence-electron chi connectivity index (χ3n) is 7.31. The lowest BCUT2D eigenvalue weighted by Gasteiger charge is -2.38. The van der Waals surface area contributed by atoms with E-state index in [1.54, 1.807) is 44.1 Å². The van der Waals surface area contributed by atoms with Crippen LogP contribution >= 0.6 is 0 Å². The molecule has 3 aromatic rings. The first kappa shape index (κ1) is 29.9. The van der Waals surface area contributed by atoms with Gasteiger partial charge >= 0.3 is 6.03 Å². The lowest BCUT2D eigenvalue weighted by Crippen LogP contribution is -2.49. The molecule has 0 aliphatic carbocycles. The summed E-state index contributed by atoms with van der Waals surface area (Å²) in [5.74, 6) is 1.22. The molecule has 0 fully saturated rings. The van der Waals surface area contributed by atoms with E-state index in [2.05, 4.69) is 20.7 Å². The molecule has 0 radical (unpaired) electrons. The SMILES string of the molecule is COc1ccc(CN(C)C[C@H]2Oc3c(NC(=O)Nc4c(C)noc4C)cccc3C(=O)N([C@H](C)CO)C[C@H]2C)cc1. The van der Waals surface area contributed by atoms with Gasteiger partial charge in [0.05, 0.1) is 31.0 Å². The number of aryl methyl sites for hydroxylation is 2. The summed E-state index contributed by atoms with van der Waals surface area (Å²) in [6, 6.07) is 12.1. The van der Waals surface area contributed by atoms with Crippen LogP contribution in [-0.2, 0) is 6.54 Å². The van der Waals surface area contributed by atoms with Gasteiger partial charge in [0.2, 0.25) is 0 Å². The number of nitrogens with one attached hydrogen (secondary N) is 2. The molecule has 0 unspecified atom stereocenters. The minimum atomic E-state index is -0.521. The van der Waals surface area contributed by atoms with Crippen molar-refractivity contribution in [3.05, 3.63) is 65.0 Å². The van der Waals surface area contributed by atoms with Crippen LogP contribution in [0.25, 0.3) is 0 Å². The summed E-state index contributed by atoms with van der Waals surface area (Å²) >= 11 is 0. The van der Waals surface area contributed by atoms with Crippen molar-refractivity contribution in [2.24, 2.45) is 5.92 Å². The summed E-state index contributed by atoms with van der Waals surface area (Å²) in [6.45, 7) is 8.76. The Kier molecular flexibility index (Phi) is 9.51. The summed E-state index contributed by atoms with van der Waals surface area (Å²) in [5, 5.41) is 19.4. The molecule has 0 bridgehead atoms. The van der Waals surface area contributed by atoms with E-state index in [4.69, 9.17) is 14.0 Å². The quantitative estimate of drug-likeness (QED) is 0.350. The van der Waals surface area contributed by atoms with Crippen LogP contribution < -0.4 is 20.1 Å². The maximum Gasteiger partial charge on any atom is 0.323 e. The fourth-order valence-corrected chi connectivity index (χ4v) is 4.90. The summed E-state index contributed by atoms with van der Waals surface area (Å²) in [7, 11) is 3.65. The highest BCUT2D eigenvalue weighted by Gasteiger charge is 2.34. The number of carbonyl (C=O) groups is 2. The lowest BCUT2D eigenvalue weighted by atomic mass is 9.99. The number of aliphatic hydroxyl groups is 1. The van der Waals surface area contributed by atoms with E-state index in [1.165, 1.54) is 0 Å². The highest BCUT2D eigenvalue weighted by atomic mass is 16.5. The molecular weight excluding hydrogens is 526 g/mol. The number of amides is 3. The number of fused-ring (bicyclic) bond motifs is 1. The molecule has 11 heteroatoms. The number of hydrogen-bond donors (Lipinski definition) is 3. The number of aliphatic hydroxyl groups excluding tert-OH is 1. The van der Waals surface area contributed by atoms with Crippen LogP contribution in [0.15, 0.2) is 47.0 Å². The average molecular weight is 566 g/mol.